The summed E-state index contributed by atoms with van der Waals surface area (Å²) in [7, 11) is 0. The highest BCUT2D eigenvalue weighted by molar-refractivity contribution is 5.89. The first kappa shape index (κ1) is 17.5. The van der Waals surface area contributed by atoms with Crippen molar-refractivity contribution in [1.29, 1.82) is 0 Å². The molecule has 3 aromatic rings. The summed E-state index contributed by atoms with van der Waals surface area (Å²) in [5.74, 6) is 1.17. The lowest BCUT2D eigenvalue weighted by atomic mass is 10.2. The van der Waals surface area contributed by atoms with Crippen molar-refractivity contribution in [3.8, 4) is 0 Å². The number of hydrogen-bond acceptors (Lipinski definition) is 7. The normalized spacial score (nSPS) is 11.1. The van der Waals surface area contributed by atoms with Crippen LogP contribution in [0.25, 0.3) is 5.52 Å². The van der Waals surface area contributed by atoms with Gasteiger partial charge in [0.25, 0.3) is 5.56 Å². The molecule has 3 heterocycles. The molecular formula is C16H20N8O2. The molecule has 1 amide bonds. The lowest BCUT2D eigenvalue weighted by Crippen LogP contribution is -2.32. The van der Waals surface area contributed by atoms with E-state index in [2.05, 4.69) is 30.8 Å². The van der Waals surface area contributed by atoms with E-state index in [0.717, 1.165) is 4.68 Å². The number of carbonyl (C=O) groups is 1. The number of amides is 1. The van der Waals surface area contributed by atoms with Crippen LogP contribution < -0.4 is 16.2 Å². The average molecular weight is 356 g/mol. The first-order valence-electron chi connectivity index (χ1n) is 8.30. The molecule has 0 aromatic carbocycles. The van der Waals surface area contributed by atoms with E-state index in [-0.39, 0.29) is 18.0 Å². The average Bonchev–Trinajstić information content (AvgIpc) is 3.02. The first-order valence-corrected chi connectivity index (χ1v) is 8.30. The Balaban J connectivity index is 1.96. The summed E-state index contributed by atoms with van der Waals surface area (Å²) < 4.78 is 2.68. The van der Waals surface area contributed by atoms with Gasteiger partial charge in [0.1, 0.15) is 30.0 Å². The number of carbonyl (C=O) groups excluding carboxylic acids is 1. The third-order valence-corrected chi connectivity index (χ3v) is 3.62. The monoisotopic (exact) mass is 356 g/mol. The summed E-state index contributed by atoms with van der Waals surface area (Å²) in [6.45, 7) is 6.31. The summed E-state index contributed by atoms with van der Waals surface area (Å²) >= 11 is 0. The predicted molar refractivity (Wildman–Crippen MR) is 96.2 cm³/mol. The Morgan fingerprint density at radius 2 is 2.08 bits per heavy atom. The van der Waals surface area contributed by atoms with Gasteiger partial charge in [-0.1, -0.05) is 13.8 Å². The van der Waals surface area contributed by atoms with Crippen molar-refractivity contribution in [3.63, 3.8) is 0 Å². The van der Waals surface area contributed by atoms with Gasteiger partial charge in [-0.3, -0.25) is 9.59 Å². The van der Waals surface area contributed by atoms with Crippen LogP contribution in [0.3, 0.4) is 0 Å². The molecule has 0 radical (unpaired) electrons. The van der Waals surface area contributed by atoms with Crippen LogP contribution in [0, 0.1) is 0 Å². The predicted octanol–water partition coefficient (Wildman–Crippen LogP) is 0.875. The summed E-state index contributed by atoms with van der Waals surface area (Å²) in [6, 6.07) is 3.23. The first-order chi connectivity index (χ1) is 12.5. The van der Waals surface area contributed by atoms with Gasteiger partial charge in [0.15, 0.2) is 5.82 Å². The molecule has 10 nitrogen and oxygen atoms in total. The molecule has 0 aliphatic rings. The van der Waals surface area contributed by atoms with Gasteiger partial charge in [0.2, 0.25) is 5.91 Å². The lowest BCUT2D eigenvalue weighted by Gasteiger charge is -2.11. The second-order valence-corrected chi connectivity index (χ2v) is 5.98. The molecule has 2 N–H and O–H groups in total. The van der Waals surface area contributed by atoms with E-state index < -0.39 is 5.91 Å². The molecule has 26 heavy (non-hydrogen) atoms. The summed E-state index contributed by atoms with van der Waals surface area (Å²) in [6.07, 6.45) is 2.85. The molecule has 0 atom stereocenters. The maximum atomic E-state index is 12.7. The second kappa shape index (κ2) is 7.30. The molecule has 0 aliphatic heterocycles. The highest BCUT2D eigenvalue weighted by Crippen LogP contribution is 2.14. The topological polar surface area (TPSA) is 119 Å². The molecular weight excluding hydrogens is 336 g/mol. The fraction of sp³-hybridized carbons (Fsp3) is 0.375. The summed E-state index contributed by atoms with van der Waals surface area (Å²) in [4.78, 5) is 32.7. The van der Waals surface area contributed by atoms with E-state index in [1.165, 1.54) is 17.0 Å². The maximum Gasteiger partial charge on any atom is 0.293 e. The molecule has 0 unspecified atom stereocenters. The smallest absolute Gasteiger partial charge is 0.293 e. The van der Waals surface area contributed by atoms with Gasteiger partial charge in [-0.15, -0.1) is 5.10 Å². The van der Waals surface area contributed by atoms with Crippen LogP contribution in [0.1, 0.15) is 32.5 Å². The molecule has 10 heteroatoms. The quantitative estimate of drug-likeness (QED) is 0.672. The Bertz CT molecular complexity index is 977. The van der Waals surface area contributed by atoms with Gasteiger partial charge < -0.3 is 10.6 Å². The van der Waals surface area contributed by atoms with Gasteiger partial charge in [0.05, 0.1) is 0 Å². The Labute approximate surface area is 149 Å². The van der Waals surface area contributed by atoms with E-state index in [1.807, 2.05) is 20.8 Å². The van der Waals surface area contributed by atoms with Crippen LogP contribution in [-0.2, 0) is 11.3 Å². The molecule has 0 fully saturated rings. The van der Waals surface area contributed by atoms with Crippen molar-refractivity contribution in [2.75, 3.05) is 17.2 Å². The van der Waals surface area contributed by atoms with E-state index in [0.29, 0.717) is 29.5 Å². The zero-order valence-corrected chi connectivity index (χ0v) is 14.8. The van der Waals surface area contributed by atoms with Crippen molar-refractivity contribution >= 4 is 23.1 Å². The largest absolute Gasteiger partial charge is 0.369 e. The van der Waals surface area contributed by atoms with Crippen molar-refractivity contribution in [1.82, 2.24) is 29.4 Å². The molecule has 0 bridgehead atoms. The summed E-state index contributed by atoms with van der Waals surface area (Å²) in [5, 5.41) is 14.4. The van der Waals surface area contributed by atoms with Gasteiger partial charge >= 0.3 is 0 Å². The van der Waals surface area contributed by atoms with Crippen molar-refractivity contribution in [3.05, 3.63) is 40.8 Å². The zero-order valence-electron chi connectivity index (χ0n) is 14.8. The van der Waals surface area contributed by atoms with Crippen LogP contribution in [0.15, 0.2) is 29.5 Å². The lowest BCUT2D eigenvalue weighted by molar-refractivity contribution is -0.117. The molecule has 0 spiro atoms. The van der Waals surface area contributed by atoms with E-state index >= 15 is 0 Å². The number of hydrogen-bond donors (Lipinski definition) is 2. The van der Waals surface area contributed by atoms with Crippen LogP contribution in [0.2, 0.25) is 0 Å². The Hall–Kier alpha value is -3.30. The number of fused-ring (bicyclic) bond motifs is 1. The third kappa shape index (κ3) is 3.53. The Morgan fingerprint density at radius 1 is 1.27 bits per heavy atom. The molecule has 0 aliphatic carbocycles. The minimum atomic E-state index is -0.399. The van der Waals surface area contributed by atoms with E-state index in [4.69, 9.17) is 0 Å². The van der Waals surface area contributed by atoms with Gasteiger partial charge in [-0.25, -0.2) is 19.2 Å². The van der Waals surface area contributed by atoms with Crippen molar-refractivity contribution < 1.29 is 4.79 Å². The van der Waals surface area contributed by atoms with Crippen molar-refractivity contribution in [2.24, 2.45) is 0 Å². The highest BCUT2D eigenvalue weighted by atomic mass is 16.2. The molecule has 0 saturated heterocycles. The minimum absolute atomic E-state index is 0.0173. The van der Waals surface area contributed by atoms with Gasteiger partial charge in [0, 0.05) is 24.7 Å². The van der Waals surface area contributed by atoms with Crippen LogP contribution >= 0.6 is 0 Å². The number of rotatable bonds is 6. The summed E-state index contributed by atoms with van der Waals surface area (Å²) in [5.41, 5.74) is -0.0154. The molecule has 136 valence electrons. The van der Waals surface area contributed by atoms with E-state index in [9.17, 15) is 9.59 Å². The zero-order chi connectivity index (χ0) is 18.7. The number of anilines is 2. The number of aromatic nitrogens is 6. The standard InChI is InChI=1S/C16H20N8O2/c1-4-18-13-7-11-16(26)23(22-15(10(2)3)24(11)21-13)8-14(25)20-12-5-6-17-9-19-12/h5-7,9-10H,4,8H2,1-3H3,(H,18,21)(H,17,19,20,25). The van der Waals surface area contributed by atoms with Crippen LogP contribution in [0.4, 0.5) is 11.6 Å². The maximum absolute atomic E-state index is 12.7. The van der Waals surface area contributed by atoms with Crippen molar-refractivity contribution in [2.45, 2.75) is 33.2 Å². The molecule has 3 aromatic heterocycles. The van der Waals surface area contributed by atoms with Gasteiger partial charge in [-0.2, -0.15) is 5.10 Å². The van der Waals surface area contributed by atoms with Gasteiger partial charge in [-0.05, 0) is 13.0 Å². The minimum Gasteiger partial charge on any atom is -0.369 e. The van der Waals surface area contributed by atoms with E-state index in [1.54, 1.807) is 12.1 Å². The van der Waals surface area contributed by atoms with Crippen LogP contribution in [-0.4, -0.2) is 41.8 Å². The SMILES string of the molecule is CCNc1cc2c(=O)n(CC(=O)Nc3ccncn3)nc(C(C)C)n2n1. The Kier molecular flexibility index (Phi) is 4.92. The van der Waals surface area contributed by atoms with Crippen LogP contribution in [0.5, 0.6) is 0 Å². The molecule has 3 rings (SSSR count). The third-order valence-electron chi connectivity index (χ3n) is 3.62. The second-order valence-electron chi connectivity index (χ2n) is 5.98. The highest BCUT2D eigenvalue weighted by Gasteiger charge is 2.17. The Morgan fingerprint density at radius 3 is 2.73 bits per heavy atom. The molecule has 0 saturated carbocycles. The fourth-order valence-electron chi connectivity index (χ4n) is 2.47. The fourth-order valence-corrected chi connectivity index (χ4v) is 2.47. The number of nitrogens with zero attached hydrogens (tertiary/aromatic N) is 6. The number of nitrogens with one attached hydrogen (secondary N) is 2.